The number of carbonyl (C=O) groups is 1. The van der Waals surface area contributed by atoms with Gasteiger partial charge in [-0.2, -0.15) is 13.2 Å². The van der Waals surface area contributed by atoms with E-state index in [-0.39, 0.29) is 6.54 Å². The highest BCUT2D eigenvalue weighted by molar-refractivity contribution is 8.03. The van der Waals surface area contributed by atoms with E-state index in [1.807, 2.05) is 23.2 Å². The van der Waals surface area contributed by atoms with Crippen LogP contribution in [0.15, 0.2) is 34.8 Å². The van der Waals surface area contributed by atoms with E-state index in [1.165, 1.54) is 30.6 Å². The molecule has 2 aliphatic carbocycles. The summed E-state index contributed by atoms with van der Waals surface area (Å²) in [4.78, 5) is 12.0. The number of amides is 1. The Labute approximate surface area is 145 Å². The van der Waals surface area contributed by atoms with E-state index in [1.54, 1.807) is 6.08 Å². The highest BCUT2D eigenvalue weighted by atomic mass is 32.2. The third kappa shape index (κ3) is 6.04. The molecule has 1 unspecified atom stereocenters. The van der Waals surface area contributed by atoms with Crippen LogP contribution in [0.3, 0.4) is 0 Å². The first kappa shape index (κ1) is 19.2. The van der Waals surface area contributed by atoms with Crippen LogP contribution in [0.1, 0.15) is 39.0 Å². The van der Waals surface area contributed by atoms with Gasteiger partial charge in [0.2, 0.25) is 0 Å². The maximum atomic E-state index is 12.1. The largest absolute Gasteiger partial charge is 0.471 e. The lowest BCUT2D eigenvalue weighted by Gasteiger charge is -2.19. The van der Waals surface area contributed by atoms with E-state index in [0.29, 0.717) is 5.92 Å². The van der Waals surface area contributed by atoms with Crippen LogP contribution in [0, 0.1) is 11.8 Å². The molecule has 0 spiro atoms. The molecule has 0 saturated heterocycles. The Bertz CT molecular complexity index is 531. The minimum absolute atomic E-state index is 0.114. The van der Waals surface area contributed by atoms with E-state index < -0.39 is 12.1 Å². The summed E-state index contributed by atoms with van der Waals surface area (Å²) in [5, 5.41) is 1.85. The number of thioether (sulfide) groups is 1. The lowest BCUT2D eigenvalue weighted by molar-refractivity contribution is -0.173. The molecule has 1 fully saturated rings. The number of carbonyl (C=O) groups excluding carboxylic acids is 1. The van der Waals surface area contributed by atoms with Crippen molar-refractivity contribution in [2.75, 3.05) is 12.3 Å². The molecule has 0 aromatic carbocycles. The monoisotopic (exact) mass is 359 g/mol. The molecule has 2 rings (SSSR count). The quantitative estimate of drug-likeness (QED) is 0.723. The molecule has 2 nitrogen and oxygen atoms in total. The summed E-state index contributed by atoms with van der Waals surface area (Å²) < 4.78 is 36.3. The molecule has 2 aliphatic rings. The van der Waals surface area contributed by atoms with Crippen LogP contribution in [0.2, 0.25) is 0 Å². The Morgan fingerprint density at radius 1 is 1.38 bits per heavy atom. The fraction of sp³-hybridized carbons (Fsp3) is 0.611. The van der Waals surface area contributed by atoms with Crippen molar-refractivity contribution in [3.63, 3.8) is 0 Å². The summed E-state index contributed by atoms with van der Waals surface area (Å²) in [5.74, 6) is 0.413. The van der Waals surface area contributed by atoms with Gasteiger partial charge in [0.15, 0.2) is 0 Å². The Hall–Kier alpha value is -1.17. The smallest absolute Gasteiger partial charge is 0.345 e. The van der Waals surface area contributed by atoms with Crippen molar-refractivity contribution in [2.45, 2.75) is 45.2 Å². The summed E-state index contributed by atoms with van der Waals surface area (Å²) in [6, 6.07) is 0. The van der Waals surface area contributed by atoms with Gasteiger partial charge in [-0.05, 0) is 42.7 Å². The normalized spacial score (nSPS) is 22.6. The van der Waals surface area contributed by atoms with Crippen LogP contribution in [-0.4, -0.2) is 24.4 Å². The zero-order valence-electron chi connectivity index (χ0n) is 13.9. The molecule has 1 amide bonds. The van der Waals surface area contributed by atoms with Gasteiger partial charge in [-0.3, -0.25) is 4.79 Å². The number of nitrogens with one attached hydrogen (secondary N) is 1. The molecule has 0 radical (unpaired) electrons. The van der Waals surface area contributed by atoms with Gasteiger partial charge in [0.1, 0.15) is 0 Å². The first-order valence-corrected chi connectivity index (χ1v) is 9.41. The number of rotatable bonds is 6. The average molecular weight is 359 g/mol. The second-order valence-electron chi connectivity index (χ2n) is 6.46. The lowest BCUT2D eigenvalue weighted by Crippen LogP contribution is -2.36. The Morgan fingerprint density at radius 3 is 2.75 bits per heavy atom. The van der Waals surface area contributed by atoms with Crippen molar-refractivity contribution in [3.05, 3.63) is 34.8 Å². The molecular formula is C18H24F3NOS. The van der Waals surface area contributed by atoms with Crippen molar-refractivity contribution in [1.29, 1.82) is 0 Å². The van der Waals surface area contributed by atoms with Gasteiger partial charge in [0.25, 0.3) is 0 Å². The number of hydrogen-bond acceptors (Lipinski definition) is 2. The van der Waals surface area contributed by atoms with E-state index >= 15 is 0 Å². The summed E-state index contributed by atoms with van der Waals surface area (Å²) in [5.41, 5.74) is 1.10. The number of hydrogen-bond donors (Lipinski definition) is 1. The molecule has 24 heavy (non-hydrogen) atoms. The first-order valence-electron chi connectivity index (χ1n) is 8.42. The summed E-state index contributed by atoms with van der Waals surface area (Å²) in [6.07, 6.45) is 9.22. The molecule has 1 saturated carbocycles. The summed E-state index contributed by atoms with van der Waals surface area (Å²) in [6.45, 7) is 1.98. The van der Waals surface area contributed by atoms with E-state index in [9.17, 15) is 18.0 Å². The molecule has 0 bridgehead atoms. The lowest BCUT2D eigenvalue weighted by atomic mass is 9.93. The number of allylic oxidation sites excluding steroid dienone is 4. The van der Waals surface area contributed by atoms with Gasteiger partial charge in [-0.25, -0.2) is 0 Å². The second kappa shape index (κ2) is 8.79. The van der Waals surface area contributed by atoms with Gasteiger partial charge in [-0.15, -0.1) is 11.8 Å². The van der Waals surface area contributed by atoms with E-state index in [2.05, 4.69) is 19.1 Å². The highest BCUT2D eigenvalue weighted by Gasteiger charge is 2.37. The maximum absolute atomic E-state index is 12.1. The van der Waals surface area contributed by atoms with Crippen LogP contribution in [-0.2, 0) is 4.79 Å². The minimum Gasteiger partial charge on any atom is -0.345 e. The standard InChI is InChI=1S/C18H24F3NOS/c1-13-8-9-16(24-12-14-5-2-3-6-14)11-15(13)7-4-10-22-17(23)18(19,20)21/h4,7,9,11,13-14H,2-3,5-6,8,10,12H2,1H3,(H,22,23)/b7-4+. The number of halogens is 3. The maximum Gasteiger partial charge on any atom is 0.471 e. The molecule has 6 heteroatoms. The molecule has 0 heterocycles. The molecule has 0 aromatic rings. The van der Waals surface area contributed by atoms with Gasteiger partial charge in [-0.1, -0.05) is 38.0 Å². The van der Waals surface area contributed by atoms with Crippen LogP contribution in [0.4, 0.5) is 13.2 Å². The fourth-order valence-electron chi connectivity index (χ4n) is 2.95. The van der Waals surface area contributed by atoms with Crippen molar-refractivity contribution in [2.24, 2.45) is 11.8 Å². The van der Waals surface area contributed by atoms with Gasteiger partial charge in [0, 0.05) is 17.2 Å². The van der Waals surface area contributed by atoms with Crippen molar-refractivity contribution >= 4 is 17.7 Å². The number of alkyl halides is 3. The highest BCUT2D eigenvalue weighted by Crippen LogP contribution is 2.34. The molecule has 1 atom stereocenters. The van der Waals surface area contributed by atoms with E-state index in [4.69, 9.17) is 0 Å². The van der Waals surface area contributed by atoms with Crippen LogP contribution < -0.4 is 5.32 Å². The second-order valence-corrected chi connectivity index (χ2v) is 7.55. The summed E-state index contributed by atoms with van der Waals surface area (Å²) >= 11 is 1.88. The summed E-state index contributed by atoms with van der Waals surface area (Å²) in [7, 11) is 0. The SMILES string of the molecule is CC1CC=C(SCC2CCCC2)C=C1/C=C/CNC(=O)C(F)(F)F. The third-order valence-corrected chi connectivity index (χ3v) is 5.72. The van der Waals surface area contributed by atoms with Crippen molar-refractivity contribution < 1.29 is 18.0 Å². The molecule has 1 N–H and O–H groups in total. The zero-order chi connectivity index (χ0) is 17.6. The van der Waals surface area contributed by atoms with Crippen LogP contribution in [0.25, 0.3) is 0 Å². The molecule has 0 aliphatic heterocycles. The topological polar surface area (TPSA) is 29.1 Å². The Kier molecular flexibility index (Phi) is 7.02. The third-order valence-electron chi connectivity index (χ3n) is 4.46. The molecule has 0 aromatic heterocycles. The van der Waals surface area contributed by atoms with Crippen molar-refractivity contribution in [3.8, 4) is 0 Å². The van der Waals surface area contributed by atoms with Crippen LogP contribution >= 0.6 is 11.8 Å². The van der Waals surface area contributed by atoms with E-state index in [0.717, 1.165) is 23.7 Å². The molecular weight excluding hydrogens is 335 g/mol. The predicted molar refractivity (Wildman–Crippen MR) is 92.6 cm³/mol. The average Bonchev–Trinajstić information content (AvgIpc) is 3.04. The fourth-order valence-corrected chi connectivity index (χ4v) is 4.14. The zero-order valence-corrected chi connectivity index (χ0v) is 14.7. The van der Waals surface area contributed by atoms with Gasteiger partial charge >= 0.3 is 12.1 Å². The Balaban J connectivity index is 1.82. The van der Waals surface area contributed by atoms with Crippen molar-refractivity contribution in [1.82, 2.24) is 5.32 Å². The van der Waals surface area contributed by atoms with Gasteiger partial charge in [0.05, 0.1) is 0 Å². The predicted octanol–water partition coefficient (Wildman–Crippen LogP) is 4.99. The first-order chi connectivity index (χ1) is 11.4. The molecule has 134 valence electrons. The van der Waals surface area contributed by atoms with Gasteiger partial charge < -0.3 is 5.32 Å². The minimum atomic E-state index is -4.82. The Morgan fingerprint density at radius 2 is 2.08 bits per heavy atom. The van der Waals surface area contributed by atoms with Crippen LogP contribution in [0.5, 0.6) is 0 Å².